The number of halogens is 1. The summed E-state index contributed by atoms with van der Waals surface area (Å²) in [5.74, 6) is 1.69. The first-order valence-corrected chi connectivity index (χ1v) is 9.06. The third kappa shape index (κ3) is 3.38. The van der Waals surface area contributed by atoms with Crippen LogP contribution >= 0.6 is 0 Å². The lowest BCUT2D eigenvalue weighted by Crippen LogP contribution is -2.47. The van der Waals surface area contributed by atoms with E-state index in [0.29, 0.717) is 5.69 Å². The molecule has 0 atom stereocenters. The van der Waals surface area contributed by atoms with Gasteiger partial charge in [-0.15, -0.1) is 0 Å². The van der Waals surface area contributed by atoms with E-state index >= 15 is 0 Å². The van der Waals surface area contributed by atoms with Gasteiger partial charge in [-0.2, -0.15) is 4.98 Å². The lowest BCUT2D eigenvalue weighted by molar-refractivity contribution is 0.596. The van der Waals surface area contributed by atoms with E-state index in [2.05, 4.69) is 25.8 Å². The van der Waals surface area contributed by atoms with Crippen LogP contribution in [0.4, 0.5) is 21.8 Å². The average Bonchev–Trinajstić information content (AvgIpc) is 3.17. The molecule has 4 rings (SSSR count). The van der Waals surface area contributed by atoms with Crippen molar-refractivity contribution in [3.05, 3.63) is 41.8 Å². The molecule has 0 spiro atoms. The van der Waals surface area contributed by atoms with Crippen LogP contribution in [0.15, 0.2) is 30.3 Å². The predicted octanol–water partition coefficient (Wildman–Crippen LogP) is 2.85. The number of anilines is 3. The molecule has 6 heteroatoms. The second-order valence-corrected chi connectivity index (χ2v) is 6.79. The minimum Gasteiger partial charge on any atom is -0.366 e. The molecule has 0 unspecified atom stereocenters. The van der Waals surface area contributed by atoms with Crippen LogP contribution in [0.2, 0.25) is 0 Å². The van der Waals surface area contributed by atoms with Crippen LogP contribution in [0.25, 0.3) is 0 Å². The summed E-state index contributed by atoms with van der Waals surface area (Å²) < 4.78 is 14.0. The summed E-state index contributed by atoms with van der Waals surface area (Å²) in [4.78, 5) is 16.1. The zero-order valence-electron chi connectivity index (χ0n) is 14.7. The van der Waals surface area contributed by atoms with Crippen molar-refractivity contribution in [2.45, 2.75) is 19.8 Å². The number of hydrogen-bond donors (Lipinski definition) is 0. The zero-order chi connectivity index (χ0) is 17.2. The van der Waals surface area contributed by atoms with Gasteiger partial charge in [0.25, 0.3) is 0 Å². The van der Waals surface area contributed by atoms with Crippen LogP contribution in [0.1, 0.15) is 18.5 Å². The molecule has 1 aromatic carbocycles. The Morgan fingerprint density at radius 1 is 0.840 bits per heavy atom. The van der Waals surface area contributed by atoms with Crippen molar-refractivity contribution >= 4 is 17.5 Å². The van der Waals surface area contributed by atoms with E-state index in [9.17, 15) is 4.39 Å². The van der Waals surface area contributed by atoms with E-state index in [1.165, 1.54) is 18.9 Å². The minimum absolute atomic E-state index is 0.148. The Hall–Kier alpha value is -2.37. The Bertz CT molecular complexity index is 736. The molecule has 2 fully saturated rings. The molecule has 25 heavy (non-hydrogen) atoms. The molecule has 0 amide bonds. The SMILES string of the molecule is Cc1cc(N2CCN(c3ccccc3F)CC2)nc(N2CCCC2)n1. The van der Waals surface area contributed by atoms with Crippen LogP contribution in [-0.4, -0.2) is 49.2 Å². The van der Waals surface area contributed by atoms with Gasteiger partial charge in [0.05, 0.1) is 5.69 Å². The van der Waals surface area contributed by atoms with Crippen LogP contribution in [-0.2, 0) is 0 Å². The van der Waals surface area contributed by atoms with E-state index in [0.717, 1.165) is 56.7 Å². The van der Waals surface area contributed by atoms with Gasteiger partial charge in [0.15, 0.2) is 0 Å². The van der Waals surface area contributed by atoms with E-state index < -0.39 is 0 Å². The average molecular weight is 341 g/mol. The standard InChI is InChI=1S/C19H24FN5/c1-15-14-18(22-19(21-15)25-8-4-5-9-25)24-12-10-23(11-13-24)17-7-3-2-6-16(17)20/h2-3,6-7,14H,4-5,8-13H2,1H3. The van der Waals surface area contributed by atoms with E-state index in [-0.39, 0.29) is 5.82 Å². The van der Waals surface area contributed by atoms with Crippen LogP contribution in [0, 0.1) is 12.7 Å². The van der Waals surface area contributed by atoms with Crippen LogP contribution < -0.4 is 14.7 Å². The number of hydrogen-bond acceptors (Lipinski definition) is 5. The summed E-state index contributed by atoms with van der Waals surface area (Å²) in [5.41, 5.74) is 1.70. The molecule has 0 aliphatic carbocycles. The molecule has 2 saturated heterocycles. The summed E-state index contributed by atoms with van der Waals surface area (Å²) in [6, 6.07) is 9.06. The van der Waals surface area contributed by atoms with Crippen LogP contribution in [0.5, 0.6) is 0 Å². The molecule has 2 aromatic rings. The van der Waals surface area contributed by atoms with Gasteiger partial charge in [-0.3, -0.25) is 0 Å². The van der Waals surface area contributed by atoms with Gasteiger partial charge in [0.1, 0.15) is 11.6 Å². The lowest BCUT2D eigenvalue weighted by atomic mass is 10.2. The minimum atomic E-state index is -0.148. The summed E-state index contributed by atoms with van der Waals surface area (Å²) in [6.45, 7) is 7.38. The molecule has 5 nitrogen and oxygen atoms in total. The molecule has 2 aliphatic heterocycles. The van der Waals surface area contributed by atoms with Crippen molar-refractivity contribution in [3.8, 4) is 0 Å². The first-order chi connectivity index (χ1) is 12.2. The monoisotopic (exact) mass is 341 g/mol. The van der Waals surface area contributed by atoms with Gasteiger partial charge >= 0.3 is 0 Å². The quantitative estimate of drug-likeness (QED) is 0.858. The number of piperazine rings is 1. The Morgan fingerprint density at radius 3 is 2.24 bits per heavy atom. The van der Waals surface area contributed by atoms with Gasteiger partial charge in [-0.05, 0) is 31.9 Å². The molecule has 0 saturated carbocycles. The Balaban J connectivity index is 1.48. The number of nitrogens with zero attached hydrogens (tertiary/aromatic N) is 5. The molecule has 0 N–H and O–H groups in total. The summed E-state index contributed by atoms with van der Waals surface area (Å²) in [6.07, 6.45) is 2.43. The zero-order valence-corrected chi connectivity index (χ0v) is 14.7. The maximum Gasteiger partial charge on any atom is 0.227 e. The number of para-hydroxylation sites is 1. The predicted molar refractivity (Wildman–Crippen MR) is 99.0 cm³/mol. The second kappa shape index (κ2) is 6.86. The maximum absolute atomic E-state index is 14.0. The van der Waals surface area contributed by atoms with E-state index in [1.54, 1.807) is 6.07 Å². The number of benzene rings is 1. The topological polar surface area (TPSA) is 35.5 Å². The molecule has 132 valence electrons. The molecule has 0 radical (unpaired) electrons. The second-order valence-electron chi connectivity index (χ2n) is 6.79. The van der Waals surface area contributed by atoms with Crippen molar-refractivity contribution in [1.82, 2.24) is 9.97 Å². The lowest BCUT2D eigenvalue weighted by Gasteiger charge is -2.37. The number of aromatic nitrogens is 2. The van der Waals surface area contributed by atoms with Crippen molar-refractivity contribution < 1.29 is 4.39 Å². The smallest absolute Gasteiger partial charge is 0.227 e. The number of rotatable bonds is 3. The van der Waals surface area contributed by atoms with Crippen molar-refractivity contribution in [2.24, 2.45) is 0 Å². The highest BCUT2D eigenvalue weighted by molar-refractivity contribution is 5.52. The molecule has 3 heterocycles. The van der Waals surface area contributed by atoms with Gasteiger partial charge in [-0.25, -0.2) is 9.37 Å². The van der Waals surface area contributed by atoms with Gasteiger partial charge in [-0.1, -0.05) is 12.1 Å². The number of aryl methyl sites for hydroxylation is 1. The van der Waals surface area contributed by atoms with Gasteiger partial charge < -0.3 is 14.7 Å². The third-order valence-electron chi connectivity index (χ3n) is 5.01. The normalized spacial score (nSPS) is 18.1. The van der Waals surface area contributed by atoms with Gasteiger partial charge in [0, 0.05) is 51.0 Å². The first-order valence-electron chi connectivity index (χ1n) is 9.06. The van der Waals surface area contributed by atoms with Crippen molar-refractivity contribution in [3.63, 3.8) is 0 Å². The highest BCUT2D eigenvalue weighted by Crippen LogP contribution is 2.24. The van der Waals surface area contributed by atoms with Crippen molar-refractivity contribution in [2.75, 3.05) is 54.0 Å². The molecular weight excluding hydrogens is 317 g/mol. The Kier molecular flexibility index (Phi) is 4.42. The highest BCUT2D eigenvalue weighted by Gasteiger charge is 2.22. The van der Waals surface area contributed by atoms with E-state index in [4.69, 9.17) is 4.98 Å². The van der Waals surface area contributed by atoms with Crippen LogP contribution in [0.3, 0.4) is 0 Å². The fourth-order valence-corrected chi connectivity index (χ4v) is 3.64. The first kappa shape index (κ1) is 16.1. The molecular formula is C19H24FN5. The molecule has 1 aromatic heterocycles. The van der Waals surface area contributed by atoms with Gasteiger partial charge in [0.2, 0.25) is 5.95 Å². The Morgan fingerprint density at radius 2 is 1.52 bits per heavy atom. The Labute approximate surface area is 148 Å². The summed E-state index contributed by atoms with van der Waals surface area (Å²) in [5, 5.41) is 0. The molecule has 0 bridgehead atoms. The maximum atomic E-state index is 14.0. The van der Waals surface area contributed by atoms with Crippen molar-refractivity contribution in [1.29, 1.82) is 0 Å². The third-order valence-corrected chi connectivity index (χ3v) is 5.01. The summed E-state index contributed by atoms with van der Waals surface area (Å²) in [7, 11) is 0. The van der Waals surface area contributed by atoms with E-state index in [1.807, 2.05) is 19.1 Å². The summed E-state index contributed by atoms with van der Waals surface area (Å²) >= 11 is 0. The fourth-order valence-electron chi connectivity index (χ4n) is 3.64. The highest BCUT2D eigenvalue weighted by atomic mass is 19.1. The molecule has 2 aliphatic rings. The fraction of sp³-hybridized carbons (Fsp3) is 0.474. The largest absolute Gasteiger partial charge is 0.366 e.